The average Bonchev–Trinajstić information content (AvgIpc) is 2.17. The molecule has 0 amide bonds. The third-order valence-electron chi connectivity index (χ3n) is 2.17. The summed E-state index contributed by atoms with van der Waals surface area (Å²) in [5, 5.41) is 21.3. The number of aliphatic hydroxyl groups excluding tert-OH is 2. The number of rotatable bonds is 5. The molecule has 4 nitrogen and oxygen atoms in total. The summed E-state index contributed by atoms with van der Waals surface area (Å²) in [6.45, 7) is 1.60. The molecule has 3 atom stereocenters. The zero-order valence-corrected chi connectivity index (χ0v) is 8.80. The van der Waals surface area contributed by atoms with Gasteiger partial charge in [0, 0.05) is 0 Å². The molecule has 1 unspecified atom stereocenters. The first-order chi connectivity index (χ1) is 7.09. The van der Waals surface area contributed by atoms with Crippen LogP contribution in [0.5, 0.6) is 0 Å². The van der Waals surface area contributed by atoms with Gasteiger partial charge in [-0.3, -0.25) is 5.32 Å². The van der Waals surface area contributed by atoms with E-state index in [1.165, 1.54) is 0 Å². The van der Waals surface area contributed by atoms with Crippen LogP contribution < -0.4 is 11.1 Å². The van der Waals surface area contributed by atoms with E-state index in [0.29, 0.717) is 6.42 Å². The van der Waals surface area contributed by atoms with Gasteiger partial charge in [-0.05, 0) is 18.9 Å². The first-order valence-electron chi connectivity index (χ1n) is 5.01. The maximum absolute atomic E-state index is 9.33. The number of hydrogen-bond donors (Lipinski definition) is 4. The summed E-state index contributed by atoms with van der Waals surface area (Å²) in [5.41, 5.74) is 6.48. The summed E-state index contributed by atoms with van der Waals surface area (Å²) in [6, 6.07) is 9.36. The van der Waals surface area contributed by atoms with Crippen molar-refractivity contribution in [3.8, 4) is 0 Å². The van der Waals surface area contributed by atoms with Crippen LogP contribution in [-0.4, -0.2) is 28.7 Å². The van der Waals surface area contributed by atoms with E-state index in [-0.39, 0.29) is 6.04 Å². The highest BCUT2D eigenvalue weighted by atomic mass is 16.3. The van der Waals surface area contributed by atoms with Gasteiger partial charge in [-0.15, -0.1) is 0 Å². The largest absolute Gasteiger partial charge is 0.379 e. The van der Waals surface area contributed by atoms with Crippen molar-refractivity contribution in [3.63, 3.8) is 0 Å². The van der Waals surface area contributed by atoms with E-state index in [4.69, 9.17) is 5.73 Å². The molecule has 84 valence electrons. The molecule has 1 rings (SSSR count). The molecule has 0 aliphatic heterocycles. The van der Waals surface area contributed by atoms with Crippen molar-refractivity contribution in [2.24, 2.45) is 5.73 Å². The van der Waals surface area contributed by atoms with Crippen LogP contribution in [0.25, 0.3) is 0 Å². The second kappa shape index (κ2) is 5.82. The van der Waals surface area contributed by atoms with Crippen molar-refractivity contribution in [1.82, 2.24) is 5.32 Å². The number of nitrogens with one attached hydrogen (secondary N) is 1. The molecule has 0 aliphatic rings. The maximum Gasteiger partial charge on any atom is 0.118 e. The zero-order chi connectivity index (χ0) is 11.3. The molecule has 5 N–H and O–H groups in total. The molecule has 0 spiro atoms. The first-order valence-corrected chi connectivity index (χ1v) is 5.01. The van der Waals surface area contributed by atoms with Gasteiger partial charge in [-0.25, -0.2) is 0 Å². The quantitative estimate of drug-likeness (QED) is 0.508. The van der Waals surface area contributed by atoms with E-state index >= 15 is 0 Å². The predicted molar refractivity (Wildman–Crippen MR) is 58.9 cm³/mol. The fourth-order valence-corrected chi connectivity index (χ4v) is 1.46. The molecule has 1 aromatic carbocycles. The summed E-state index contributed by atoms with van der Waals surface area (Å²) in [4.78, 5) is 0. The summed E-state index contributed by atoms with van der Waals surface area (Å²) in [6.07, 6.45) is -1.08. The van der Waals surface area contributed by atoms with Gasteiger partial charge in [0.25, 0.3) is 0 Å². The monoisotopic (exact) mass is 210 g/mol. The lowest BCUT2D eigenvalue weighted by molar-refractivity contribution is 0.0771. The molecule has 0 heterocycles. The Labute approximate surface area is 89.7 Å². The Kier molecular flexibility index (Phi) is 4.71. The zero-order valence-electron chi connectivity index (χ0n) is 8.80. The number of benzene rings is 1. The van der Waals surface area contributed by atoms with Gasteiger partial charge in [0.1, 0.15) is 12.5 Å². The molecule has 0 saturated carbocycles. The lowest BCUT2D eigenvalue weighted by atomic mass is 10.0. The van der Waals surface area contributed by atoms with E-state index in [1.807, 2.05) is 30.3 Å². The Hall–Kier alpha value is -0.940. The molecule has 1 aromatic rings. The summed E-state index contributed by atoms with van der Waals surface area (Å²) < 4.78 is 0. The SMILES string of the molecule is CC(O)N[C@@H](Cc1ccccc1)[C@H](N)O. The van der Waals surface area contributed by atoms with Crippen molar-refractivity contribution >= 4 is 0 Å². The van der Waals surface area contributed by atoms with Crippen LogP contribution in [0.4, 0.5) is 0 Å². The Balaban J connectivity index is 2.59. The maximum atomic E-state index is 9.33. The predicted octanol–water partition coefficient (Wildman–Crippen LogP) is -0.197. The average molecular weight is 210 g/mol. The fraction of sp³-hybridized carbons (Fsp3) is 0.455. The van der Waals surface area contributed by atoms with Gasteiger partial charge in [0.15, 0.2) is 0 Å². The van der Waals surface area contributed by atoms with E-state index in [9.17, 15) is 10.2 Å². The van der Waals surface area contributed by atoms with Crippen molar-refractivity contribution < 1.29 is 10.2 Å². The standard InChI is InChI=1S/C11H18N2O2/c1-8(14)13-10(11(12)15)7-9-5-3-2-4-6-9/h2-6,8,10-11,13-15H,7,12H2,1H3/t8?,10-,11+/m0/s1. The molecular formula is C11H18N2O2. The lowest BCUT2D eigenvalue weighted by Crippen LogP contribution is -2.49. The summed E-state index contributed by atoms with van der Waals surface area (Å²) >= 11 is 0. The Morgan fingerprint density at radius 3 is 2.33 bits per heavy atom. The smallest absolute Gasteiger partial charge is 0.118 e. The molecule has 15 heavy (non-hydrogen) atoms. The normalized spacial score (nSPS) is 17.1. The van der Waals surface area contributed by atoms with Gasteiger partial charge in [0.05, 0.1) is 6.04 Å². The van der Waals surface area contributed by atoms with Crippen LogP contribution >= 0.6 is 0 Å². The molecule has 0 fully saturated rings. The highest BCUT2D eigenvalue weighted by Gasteiger charge is 2.16. The highest BCUT2D eigenvalue weighted by molar-refractivity contribution is 5.16. The lowest BCUT2D eigenvalue weighted by Gasteiger charge is -2.23. The van der Waals surface area contributed by atoms with Crippen molar-refractivity contribution in [1.29, 1.82) is 0 Å². The molecule has 0 saturated heterocycles. The van der Waals surface area contributed by atoms with Crippen LogP contribution in [0, 0.1) is 0 Å². The second-order valence-corrected chi connectivity index (χ2v) is 3.63. The summed E-state index contributed by atoms with van der Waals surface area (Å²) in [5.74, 6) is 0. The van der Waals surface area contributed by atoms with Gasteiger partial charge >= 0.3 is 0 Å². The molecule has 0 bridgehead atoms. The van der Waals surface area contributed by atoms with Crippen LogP contribution in [0.2, 0.25) is 0 Å². The van der Waals surface area contributed by atoms with Crippen LogP contribution in [0.3, 0.4) is 0 Å². The van der Waals surface area contributed by atoms with Gasteiger partial charge in [-0.2, -0.15) is 0 Å². The van der Waals surface area contributed by atoms with Crippen molar-refractivity contribution in [3.05, 3.63) is 35.9 Å². The topological polar surface area (TPSA) is 78.5 Å². The van der Waals surface area contributed by atoms with Gasteiger partial charge < -0.3 is 15.9 Å². The Morgan fingerprint density at radius 2 is 1.87 bits per heavy atom. The van der Waals surface area contributed by atoms with Crippen molar-refractivity contribution in [2.75, 3.05) is 0 Å². The van der Waals surface area contributed by atoms with E-state index in [2.05, 4.69) is 5.32 Å². The van der Waals surface area contributed by atoms with Crippen LogP contribution in [0.15, 0.2) is 30.3 Å². The van der Waals surface area contributed by atoms with E-state index in [1.54, 1.807) is 6.92 Å². The fourth-order valence-electron chi connectivity index (χ4n) is 1.46. The number of aliphatic hydroxyl groups is 2. The van der Waals surface area contributed by atoms with Gasteiger partial charge in [0.2, 0.25) is 0 Å². The molecule has 0 aliphatic carbocycles. The van der Waals surface area contributed by atoms with Gasteiger partial charge in [-0.1, -0.05) is 30.3 Å². The molecular weight excluding hydrogens is 192 g/mol. The first kappa shape index (κ1) is 12.1. The Morgan fingerprint density at radius 1 is 1.27 bits per heavy atom. The molecule has 4 heteroatoms. The number of nitrogens with two attached hydrogens (primary N) is 1. The third-order valence-corrected chi connectivity index (χ3v) is 2.17. The van der Waals surface area contributed by atoms with Crippen LogP contribution in [-0.2, 0) is 6.42 Å². The molecule has 0 aromatic heterocycles. The minimum Gasteiger partial charge on any atom is -0.379 e. The van der Waals surface area contributed by atoms with E-state index in [0.717, 1.165) is 5.56 Å². The Bertz CT molecular complexity index is 275. The highest BCUT2D eigenvalue weighted by Crippen LogP contribution is 2.04. The molecule has 0 radical (unpaired) electrons. The minimum absolute atomic E-state index is 0.340. The minimum atomic E-state index is -0.986. The van der Waals surface area contributed by atoms with E-state index < -0.39 is 12.5 Å². The number of hydrogen-bond acceptors (Lipinski definition) is 4. The second-order valence-electron chi connectivity index (χ2n) is 3.63. The van der Waals surface area contributed by atoms with Crippen LogP contribution in [0.1, 0.15) is 12.5 Å². The third kappa shape index (κ3) is 4.40. The summed E-state index contributed by atoms with van der Waals surface area (Å²) in [7, 11) is 0. The van der Waals surface area contributed by atoms with Crippen molar-refractivity contribution in [2.45, 2.75) is 31.8 Å².